The number of hydrogen-bond acceptors (Lipinski definition) is 3. The molecule has 1 saturated heterocycles. The van der Waals surface area contributed by atoms with Gasteiger partial charge in [0.2, 0.25) is 5.91 Å². The van der Waals surface area contributed by atoms with Crippen molar-refractivity contribution in [1.29, 1.82) is 5.26 Å². The Morgan fingerprint density at radius 3 is 2.26 bits per heavy atom. The van der Waals surface area contributed by atoms with Crippen LogP contribution in [0.25, 0.3) is 0 Å². The van der Waals surface area contributed by atoms with Gasteiger partial charge in [-0.25, -0.2) is 4.79 Å². The molecule has 6 heteroatoms. The zero-order valence-corrected chi connectivity index (χ0v) is 17.4. The Balaban J connectivity index is 2.42. The fraction of sp³-hybridized carbons (Fsp3) is 0.571. The average Bonchev–Trinajstić information content (AvgIpc) is 2.85. The number of anilines is 1. The molecular weight excluding hydrogens is 340 g/mol. The number of likely N-dealkylation sites (N-methyl/N-ethyl adjacent to an activating group) is 1. The first-order chi connectivity index (χ1) is 12.5. The van der Waals surface area contributed by atoms with Gasteiger partial charge >= 0.3 is 6.03 Å². The number of hydrogen-bond donors (Lipinski definition) is 0. The summed E-state index contributed by atoms with van der Waals surface area (Å²) in [6, 6.07) is 8.29. The van der Waals surface area contributed by atoms with Crippen LogP contribution in [0.3, 0.4) is 0 Å². The van der Waals surface area contributed by atoms with E-state index in [-0.39, 0.29) is 23.5 Å². The fourth-order valence-electron chi connectivity index (χ4n) is 3.77. The van der Waals surface area contributed by atoms with Crippen LogP contribution in [-0.2, 0) is 4.79 Å². The maximum atomic E-state index is 13.4. The van der Waals surface area contributed by atoms with E-state index in [0.717, 1.165) is 0 Å². The topological polar surface area (TPSA) is 67.7 Å². The van der Waals surface area contributed by atoms with E-state index >= 15 is 0 Å². The summed E-state index contributed by atoms with van der Waals surface area (Å²) >= 11 is 0. The van der Waals surface area contributed by atoms with Crippen LogP contribution in [0.1, 0.15) is 46.6 Å². The van der Waals surface area contributed by atoms with E-state index in [2.05, 4.69) is 19.9 Å². The number of amides is 3. The predicted molar refractivity (Wildman–Crippen MR) is 106 cm³/mol. The molecule has 1 aromatic rings. The third-order valence-corrected chi connectivity index (χ3v) is 4.96. The van der Waals surface area contributed by atoms with Gasteiger partial charge in [-0.15, -0.1) is 0 Å². The highest BCUT2D eigenvalue weighted by Crippen LogP contribution is 2.37. The molecule has 0 bridgehead atoms. The molecular formula is C21H30N4O2. The van der Waals surface area contributed by atoms with Crippen molar-refractivity contribution in [1.82, 2.24) is 9.80 Å². The second kappa shape index (κ2) is 7.59. The maximum Gasteiger partial charge on any atom is 0.326 e. The van der Waals surface area contributed by atoms with Gasteiger partial charge in [0.25, 0.3) is 0 Å². The molecule has 0 N–H and O–H groups in total. The second-order valence-electron chi connectivity index (χ2n) is 8.74. The van der Waals surface area contributed by atoms with Crippen molar-refractivity contribution in [3.63, 3.8) is 0 Å². The van der Waals surface area contributed by atoms with Crippen LogP contribution in [0.5, 0.6) is 0 Å². The van der Waals surface area contributed by atoms with E-state index in [1.165, 1.54) is 0 Å². The molecule has 1 aromatic carbocycles. The molecule has 146 valence electrons. The number of carbonyl (C=O) groups excluding carboxylic acids is 2. The quantitative estimate of drug-likeness (QED) is 0.815. The molecule has 6 nitrogen and oxygen atoms in total. The molecule has 0 spiro atoms. The van der Waals surface area contributed by atoms with E-state index in [1.54, 1.807) is 53.1 Å². The summed E-state index contributed by atoms with van der Waals surface area (Å²) in [7, 11) is 3.49. The highest BCUT2D eigenvalue weighted by molar-refractivity contribution is 5.97. The minimum absolute atomic E-state index is 0.00907. The molecule has 1 aliphatic heterocycles. The molecule has 2 rings (SSSR count). The summed E-state index contributed by atoms with van der Waals surface area (Å²) in [5, 5.41) is 8.97. The van der Waals surface area contributed by atoms with Crippen molar-refractivity contribution in [2.75, 3.05) is 19.0 Å². The lowest BCUT2D eigenvalue weighted by molar-refractivity contribution is -0.130. The largest absolute Gasteiger partial charge is 0.326 e. The highest BCUT2D eigenvalue weighted by atomic mass is 16.2. The lowest BCUT2D eigenvalue weighted by atomic mass is 9.91. The van der Waals surface area contributed by atoms with Crippen LogP contribution in [-0.4, -0.2) is 48.0 Å². The molecule has 0 saturated carbocycles. The van der Waals surface area contributed by atoms with Crippen molar-refractivity contribution in [2.45, 2.75) is 53.2 Å². The standard InChI is InChI=1S/C21H30N4O2/c1-14(2)12-17-18(26)24(7)19(21(3,4)5)25(17)20(27)23(6)16-10-8-15(13-22)9-11-16/h8-11,14,17,19H,12H2,1-7H3. The van der Waals surface area contributed by atoms with Crippen LogP contribution in [0.4, 0.5) is 10.5 Å². The predicted octanol–water partition coefficient (Wildman–Crippen LogP) is 3.68. The Bertz CT molecular complexity index is 743. The van der Waals surface area contributed by atoms with Gasteiger partial charge in [0.1, 0.15) is 12.2 Å². The van der Waals surface area contributed by atoms with Gasteiger partial charge in [0.15, 0.2) is 0 Å². The van der Waals surface area contributed by atoms with Crippen molar-refractivity contribution in [2.24, 2.45) is 11.3 Å². The van der Waals surface area contributed by atoms with Crippen LogP contribution >= 0.6 is 0 Å². The number of urea groups is 1. The Kier molecular flexibility index (Phi) is 5.84. The van der Waals surface area contributed by atoms with Crippen molar-refractivity contribution < 1.29 is 9.59 Å². The second-order valence-corrected chi connectivity index (χ2v) is 8.74. The SMILES string of the molecule is CC(C)CC1C(=O)N(C)C(C(C)(C)C)N1C(=O)N(C)c1ccc(C#N)cc1. The molecule has 27 heavy (non-hydrogen) atoms. The highest BCUT2D eigenvalue weighted by Gasteiger charge is 2.51. The van der Waals surface area contributed by atoms with Crippen LogP contribution < -0.4 is 4.90 Å². The molecule has 2 atom stereocenters. The molecule has 1 heterocycles. The Morgan fingerprint density at radius 1 is 1.26 bits per heavy atom. The van der Waals surface area contributed by atoms with Gasteiger partial charge in [0.05, 0.1) is 11.6 Å². The average molecular weight is 370 g/mol. The summed E-state index contributed by atoms with van der Waals surface area (Å²) in [6.45, 7) is 10.2. The van der Waals surface area contributed by atoms with Crippen molar-refractivity contribution in [3.8, 4) is 6.07 Å². The van der Waals surface area contributed by atoms with E-state index in [4.69, 9.17) is 5.26 Å². The van der Waals surface area contributed by atoms with Gasteiger partial charge in [-0.05, 0) is 36.6 Å². The lowest BCUT2D eigenvalue weighted by Crippen LogP contribution is -2.54. The van der Waals surface area contributed by atoms with E-state index < -0.39 is 6.04 Å². The smallest absolute Gasteiger partial charge is 0.323 e. The Hall–Kier alpha value is -2.55. The minimum Gasteiger partial charge on any atom is -0.323 e. The molecule has 0 radical (unpaired) electrons. The normalized spacial score (nSPS) is 20.2. The number of carbonyl (C=O) groups is 2. The molecule has 3 amide bonds. The zero-order chi connectivity index (χ0) is 20.5. The molecule has 1 aliphatic rings. The van der Waals surface area contributed by atoms with Gasteiger partial charge in [-0.3, -0.25) is 14.6 Å². The molecule has 0 aliphatic carbocycles. The van der Waals surface area contributed by atoms with Crippen molar-refractivity contribution >= 4 is 17.6 Å². The summed E-state index contributed by atoms with van der Waals surface area (Å²) in [5.74, 6) is 0.284. The van der Waals surface area contributed by atoms with Crippen LogP contribution in [0.15, 0.2) is 24.3 Å². The summed E-state index contributed by atoms with van der Waals surface area (Å²) in [5.41, 5.74) is 0.954. The van der Waals surface area contributed by atoms with Crippen LogP contribution in [0.2, 0.25) is 0 Å². The number of nitriles is 1. The minimum atomic E-state index is -0.465. The number of benzene rings is 1. The van der Waals surface area contributed by atoms with Gasteiger partial charge < -0.3 is 4.90 Å². The van der Waals surface area contributed by atoms with Crippen LogP contribution in [0, 0.1) is 22.7 Å². The fourth-order valence-corrected chi connectivity index (χ4v) is 3.77. The first kappa shape index (κ1) is 20.8. The molecule has 1 fully saturated rings. The molecule has 2 unspecified atom stereocenters. The van der Waals surface area contributed by atoms with Gasteiger partial charge in [-0.1, -0.05) is 34.6 Å². The van der Waals surface area contributed by atoms with E-state index in [1.807, 2.05) is 20.8 Å². The first-order valence-electron chi connectivity index (χ1n) is 9.32. The molecule has 0 aromatic heterocycles. The van der Waals surface area contributed by atoms with E-state index in [0.29, 0.717) is 23.6 Å². The Labute approximate surface area is 162 Å². The lowest BCUT2D eigenvalue weighted by Gasteiger charge is -2.40. The maximum absolute atomic E-state index is 13.4. The van der Waals surface area contributed by atoms with Gasteiger partial charge in [0, 0.05) is 25.2 Å². The third kappa shape index (κ3) is 4.08. The monoisotopic (exact) mass is 370 g/mol. The summed E-state index contributed by atoms with van der Waals surface area (Å²) < 4.78 is 0. The summed E-state index contributed by atoms with van der Waals surface area (Å²) in [4.78, 5) is 31.4. The zero-order valence-electron chi connectivity index (χ0n) is 17.4. The van der Waals surface area contributed by atoms with E-state index in [9.17, 15) is 9.59 Å². The van der Waals surface area contributed by atoms with Crippen molar-refractivity contribution in [3.05, 3.63) is 29.8 Å². The van der Waals surface area contributed by atoms with Gasteiger partial charge in [-0.2, -0.15) is 5.26 Å². The third-order valence-electron chi connectivity index (χ3n) is 4.96. The first-order valence-corrected chi connectivity index (χ1v) is 9.32. The summed E-state index contributed by atoms with van der Waals surface area (Å²) in [6.07, 6.45) is 0.310. The Morgan fingerprint density at radius 2 is 1.81 bits per heavy atom. The number of rotatable bonds is 3. The number of nitrogens with zero attached hydrogens (tertiary/aromatic N) is 4.